The quantitative estimate of drug-likeness (QED) is 0.261. The molecule has 0 aliphatic carbocycles. The molecule has 4 aromatic carbocycles. The summed E-state index contributed by atoms with van der Waals surface area (Å²) in [6.45, 7) is 0. The van der Waals surface area contributed by atoms with Crippen LogP contribution in [0.4, 0.5) is 0 Å². The molecule has 0 bridgehead atoms. The normalized spacial score (nSPS) is 11.5. The van der Waals surface area contributed by atoms with Gasteiger partial charge in [-0.2, -0.15) is 0 Å². The van der Waals surface area contributed by atoms with E-state index in [-0.39, 0.29) is 0 Å². The average Bonchev–Trinajstić information content (AvgIpc) is 3.28. The van der Waals surface area contributed by atoms with Crippen molar-refractivity contribution in [2.75, 3.05) is 0 Å². The summed E-state index contributed by atoms with van der Waals surface area (Å²) in [7, 11) is 0. The lowest BCUT2D eigenvalue weighted by atomic mass is 10.0. The van der Waals surface area contributed by atoms with Gasteiger partial charge in [-0.3, -0.25) is 9.97 Å². The number of benzene rings is 4. The van der Waals surface area contributed by atoms with Crippen molar-refractivity contribution in [2.45, 2.75) is 0 Å². The largest absolute Gasteiger partial charge is 0.457 e. The van der Waals surface area contributed by atoms with Crippen molar-refractivity contribution in [1.29, 1.82) is 0 Å². The number of aromatic nitrogens is 2. The smallest absolute Gasteiger partial charge is 0.146 e. The van der Waals surface area contributed by atoms with Gasteiger partial charge in [0.2, 0.25) is 0 Å². The second-order valence-electron chi connectivity index (χ2n) is 8.29. The second kappa shape index (κ2) is 7.42. The van der Waals surface area contributed by atoms with E-state index in [4.69, 9.17) is 14.1 Å². The summed E-state index contributed by atoms with van der Waals surface area (Å²) < 4.78 is 12.5. The molecule has 4 nitrogen and oxygen atoms in total. The zero-order valence-electron chi connectivity index (χ0n) is 18.1. The van der Waals surface area contributed by atoms with E-state index in [1.807, 2.05) is 79.0 Å². The maximum atomic E-state index is 6.25. The molecule has 7 rings (SSSR count). The number of hydrogen-bond donors (Lipinski definition) is 0. The highest BCUT2D eigenvalue weighted by Gasteiger charge is 2.13. The van der Waals surface area contributed by atoms with Crippen LogP contribution in [0, 0.1) is 0 Å². The van der Waals surface area contributed by atoms with Crippen LogP contribution in [-0.2, 0) is 0 Å². The molecule has 0 atom stereocenters. The zero-order chi connectivity index (χ0) is 22.5. The first-order chi connectivity index (χ1) is 16.8. The molecule has 0 saturated heterocycles. The van der Waals surface area contributed by atoms with E-state index in [0.717, 1.165) is 66.4 Å². The van der Waals surface area contributed by atoms with Crippen LogP contribution in [0.5, 0.6) is 11.5 Å². The first-order valence-corrected chi connectivity index (χ1v) is 11.2. The van der Waals surface area contributed by atoms with Crippen LogP contribution in [0.1, 0.15) is 0 Å². The molecule has 0 aliphatic rings. The lowest BCUT2D eigenvalue weighted by molar-refractivity contribution is 0.483. The highest BCUT2D eigenvalue weighted by atomic mass is 16.5. The molecule has 7 aromatic rings. The average molecular weight is 438 g/mol. The molecule has 0 unspecified atom stereocenters. The van der Waals surface area contributed by atoms with Crippen LogP contribution in [0.3, 0.4) is 0 Å². The Kier molecular flexibility index (Phi) is 4.11. The van der Waals surface area contributed by atoms with Crippen molar-refractivity contribution in [3.05, 3.63) is 109 Å². The molecule has 0 amide bonds. The molecule has 0 radical (unpaired) electrons. The van der Waals surface area contributed by atoms with E-state index in [9.17, 15) is 0 Å². The minimum absolute atomic E-state index is 0.754. The fraction of sp³-hybridized carbons (Fsp3) is 0. The fourth-order valence-corrected chi connectivity index (χ4v) is 4.58. The van der Waals surface area contributed by atoms with Gasteiger partial charge in [-0.05, 0) is 53.9 Å². The summed E-state index contributed by atoms with van der Waals surface area (Å²) in [5.41, 5.74) is 4.56. The minimum Gasteiger partial charge on any atom is -0.457 e. The highest BCUT2D eigenvalue weighted by Crippen LogP contribution is 2.37. The Morgan fingerprint density at radius 1 is 0.618 bits per heavy atom. The second-order valence-corrected chi connectivity index (χ2v) is 8.29. The molecule has 0 saturated carbocycles. The van der Waals surface area contributed by atoms with Crippen molar-refractivity contribution in [1.82, 2.24) is 9.97 Å². The monoisotopic (exact) mass is 438 g/mol. The summed E-state index contributed by atoms with van der Waals surface area (Å²) >= 11 is 0. The molecule has 0 spiro atoms. The number of pyridine rings is 2. The number of hydrogen-bond acceptors (Lipinski definition) is 4. The third kappa shape index (κ3) is 3.00. The van der Waals surface area contributed by atoms with Crippen LogP contribution in [0.2, 0.25) is 0 Å². The van der Waals surface area contributed by atoms with Gasteiger partial charge in [-0.1, -0.05) is 48.5 Å². The van der Waals surface area contributed by atoms with Crippen molar-refractivity contribution in [3.63, 3.8) is 0 Å². The minimum atomic E-state index is 0.754. The van der Waals surface area contributed by atoms with Crippen LogP contribution in [-0.4, -0.2) is 9.97 Å². The fourth-order valence-electron chi connectivity index (χ4n) is 4.58. The molecule has 0 N–H and O–H groups in total. The zero-order valence-corrected chi connectivity index (χ0v) is 18.1. The lowest BCUT2D eigenvalue weighted by Gasteiger charge is -2.10. The number of para-hydroxylation sites is 1. The van der Waals surface area contributed by atoms with Gasteiger partial charge in [-0.25, -0.2) is 0 Å². The van der Waals surface area contributed by atoms with Crippen molar-refractivity contribution in [2.24, 2.45) is 0 Å². The van der Waals surface area contributed by atoms with Gasteiger partial charge in [0.25, 0.3) is 0 Å². The van der Waals surface area contributed by atoms with Gasteiger partial charge in [0.15, 0.2) is 0 Å². The Hall–Kier alpha value is -4.70. The Labute approximate surface area is 195 Å². The maximum Gasteiger partial charge on any atom is 0.146 e. The Balaban J connectivity index is 1.34. The van der Waals surface area contributed by atoms with Gasteiger partial charge in [-0.15, -0.1) is 0 Å². The van der Waals surface area contributed by atoms with Crippen LogP contribution in [0.15, 0.2) is 114 Å². The highest BCUT2D eigenvalue weighted by molar-refractivity contribution is 6.18. The number of fused-ring (bicyclic) bond motifs is 7. The summed E-state index contributed by atoms with van der Waals surface area (Å²) in [6, 6.07) is 32.2. The van der Waals surface area contributed by atoms with E-state index < -0.39 is 0 Å². The van der Waals surface area contributed by atoms with Gasteiger partial charge >= 0.3 is 0 Å². The SMILES string of the molecule is c1ccc(-c2cccc(Oc3ccc4ccc5c(ncc6c7ccccc7oc65)c4c3)c2)nc1. The first-order valence-electron chi connectivity index (χ1n) is 11.2. The van der Waals surface area contributed by atoms with Gasteiger partial charge in [0.1, 0.15) is 22.7 Å². The van der Waals surface area contributed by atoms with Gasteiger partial charge < -0.3 is 9.15 Å². The van der Waals surface area contributed by atoms with Gasteiger partial charge in [0, 0.05) is 39.5 Å². The molecule has 3 aromatic heterocycles. The number of ether oxygens (including phenoxy) is 1. The molecule has 0 fully saturated rings. The molecule has 34 heavy (non-hydrogen) atoms. The molecule has 3 heterocycles. The number of furan rings is 1. The van der Waals surface area contributed by atoms with Crippen LogP contribution < -0.4 is 4.74 Å². The van der Waals surface area contributed by atoms with E-state index in [2.05, 4.69) is 29.2 Å². The Bertz CT molecular complexity index is 1840. The molecule has 160 valence electrons. The van der Waals surface area contributed by atoms with Gasteiger partial charge in [0.05, 0.1) is 11.2 Å². The van der Waals surface area contributed by atoms with Crippen LogP contribution >= 0.6 is 0 Å². The summed E-state index contributed by atoms with van der Waals surface area (Å²) in [5.74, 6) is 1.51. The summed E-state index contributed by atoms with van der Waals surface area (Å²) in [4.78, 5) is 9.28. The summed E-state index contributed by atoms with van der Waals surface area (Å²) in [5, 5.41) is 5.23. The van der Waals surface area contributed by atoms with Crippen molar-refractivity contribution in [3.8, 4) is 22.8 Å². The van der Waals surface area contributed by atoms with Crippen molar-refractivity contribution < 1.29 is 9.15 Å². The molecule has 4 heteroatoms. The third-order valence-corrected chi connectivity index (χ3v) is 6.20. The number of nitrogens with zero attached hydrogens (tertiary/aromatic N) is 2. The predicted octanol–water partition coefficient (Wildman–Crippen LogP) is 8.14. The Morgan fingerprint density at radius 3 is 2.44 bits per heavy atom. The lowest BCUT2D eigenvalue weighted by Crippen LogP contribution is -1.88. The first kappa shape index (κ1) is 18.8. The van der Waals surface area contributed by atoms with Crippen molar-refractivity contribution >= 4 is 43.6 Å². The van der Waals surface area contributed by atoms with Crippen LogP contribution in [0.25, 0.3) is 54.9 Å². The van der Waals surface area contributed by atoms with E-state index >= 15 is 0 Å². The molecule has 0 aliphatic heterocycles. The van der Waals surface area contributed by atoms with E-state index in [1.54, 1.807) is 6.20 Å². The molecular weight excluding hydrogens is 420 g/mol. The van der Waals surface area contributed by atoms with E-state index in [0.29, 0.717) is 0 Å². The number of rotatable bonds is 3. The summed E-state index contributed by atoms with van der Waals surface area (Å²) in [6.07, 6.45) is 3.70. The topological polar surface area (TPSA) is 48.2 Å². The van der Waals surface area contributed by atoms with E-state index in [1.165, 1.54) is 0 Å². The standard InChI is InChI=1S/C30H18N2O2/c1-2-10-28-23(8-1)26-18-32-29-24(30(26)34-28)14-12-19-11-13-22(17-25(19)29)33-21-7-5-6-20(16-21)27-9-3-4-15-31-27/h1-18H. The third-order valence-electron chi connectivity index (χ3n) is 6.20. The Morgan fingerprint density at radius 2 is 1.50 bits per heavy atom. The maximum absolute atomic E-state index is 6.25. The predicted molar refractivity (Wildman–Crippen MR) is 136 cm³/mol. The molecular formula is C30H18N2O2.